The minimum absolute atomic E-state index is 0.287. The Balaban J connectivity index is 2.18. The second kappa shape index (κ2) is 3.82. The number of nitrogens with two attached hydrogens (primary N) is 1. The molecule has 0 fully saturated rings. The lowest BCUT2D eigenvalue weighted by Gasteiger charge is -2.01. The lowest BCUT2D eigenvalue weighted by Crippen LogP contribution is -2.22. The van der Waals surface area contributed by atoms with E-state index in [1.807, 2.05) is 0 Å². The van der Waals surface area contributed by atoms with Gasteiger partial charge in [0.2, 0.25) is 0 Å². The zero-order valence-corrected chi connectivity index (χ0v) is 11.0. The molecule has 0 aromatic carbocycles. The van der Waals surface area contributed by atoms with Crippen LogP contribution in [0.3, 0.4) is 0 Å². The number of anilines is 1. The third kappa shape index (κ3) is 1.64. The molecule has 0 amide bonds. The zero-order valence-electron chi connectivity index (χ0n) is 9.36. The van der Waals surface area contributed by atoms with Gasteiger partial charge in [-0.05, 0) is 37.7 Å². The van der Waals surface area contributed by atoms with E-state index in [2.05, 4.69) is 29.5 Å². The van der Waals surface area contributed by atoms with Gasteiger partial charge in [0.05, 0.1) is 4.88 Å². The Morgan fingerprint density at radius 3 is 3.06 bits per heavy atom. The quantitative estimate of drug-likeness (QED) is 0.773. The number of fused-ring (bicyclic) bond motifs is 1. The van der Waals surface area contributed by atoms with Crippen LogP contribution in [0.25, 0.3) is 10.6 Å². The molecule has 17 heavy (non-hydrogen) atoms. The Labute approximate surface area is 108 Å². The average molecular weight is 264 g/mol. The van der Waals surface area contributed by atoms with Gasteiger partial charge >= 0.3 is 0 Å². The van der Waals surface area contributed by atoms with Gasteiger partial charge in [-0.3, -0.25) is 0 Å². The van der Waals surface area contributed by atoms with Crippen LogP contribution in [0.15, 0.2) is 12.1 Å². The molecule has 3 N–H and O–H groups in total. The van der Waals surface area contributed by atoms with Crippen molar-refractivity contribution in [1.29, 1.82) is 0 Å². The summed E-state index contributed by atoms with van der Waals surface area (Å²) in [6.45, 7) is 3.02. The third-order valence-electron chi connectivity index (χ3n) is 2.83. The molecular weight excluding hydrogens is 252 g/mol. The predicted molar refractivity (Wildman–Crippen MR) is 74.7 cm³/mol. The van der Waals surface area contributed by atoms with Crippen molar-refractivity contribution < 1.29 is 0 Å². The molecule has 3 heterocycles. The number of aromatic nitrogens is 2. The van der Waals surface area contributed by atoms with Crippen LogP contribution in [-0.2, 0) is 6.42 Å². The number of hydrogen-bond donors (Lipinski definition) is 2. The summed E-state index contributed by atoms with van der Waals surface area (Å²) < 4.78 is 1.63. The maximum atomic E-state index is 5.68. The lowest BCUT2D eigenvalue weighted by atomic mass is 10.2. The Kier molecular flexibility index (Phi) is 2.41. The van der Waals surface area contributed by atoms with Crippen LogP contribution in [0.1, 0.15) is 10.4 Å². The van der Waals surface area contributed by atoms with Gasteiger partial charge in [0.1, 0.15) is 11.5 Å². The molecule has 6 heteroatoms. The molecule has 0 saturated heterocycles. The molecular formula is C11H12N4S2. The fraction of sp³-hybridized carbons (Fsp3) is 0.273. The molecule has 2 aromatic heterocycles. The summed E-state index contributed by atoms with van der Waals surface area (Å²) >= 11 is 6.76. The van der Waals surface area contributed by atoms with Gasteiger partial charge < -0.3 is 11.1 Å². The Bertz CT molecular complexity index is 597. The predicted octanol–water partition coefficient (Wildman–Crippen LogP) is 1.98. The molecule has 0 saturated carbocycles. The van der Waals surface area contributed by atoms with Crippen molar-refractivity contribution >= 4 is 34.5 Å². The first-order valence-corrected chi connectivity index (χ1v) is 6.61. The summed E-state index contributed by atoms with van der Waals surface area (Å²) in [5, 5.41) is 8.09. The summed E-state index contributed by atoms with van der Waals surface area (Å²) in [6.07, 6.45) is 0.976. The van der Waals surface area contributed by atoms with E-state index in [0.29, 0.717) is 0 Å². The highest BCUT2D eigenvalue weighted by Crippen LogP contribution is 2.35. The first-order chi connectivity index (χ1) is 8.16. The molecule has 3 rings (SSSR count). The minimum Gasteiger partial charge on any atom is -0.374 e. The maximum Gasteiger partial charge on any atom is 0.193 e. The molecule has 0 radical (unpaired) electrons. The van der Waals surface area contributed by atoms with Crippen molar-refractivity contribution in [3.05, 3.63) is 22.6 Å². The van der Waals surface area contributed by atoms with Gasteiger partial charge in [-0.25, -0.2) is 0 Å². The molecule has 1 aliphatic heterocycles. The van der Waals surface area contributed by atoms with Crippen molar-refractivity contribution in [2.24, 2.45) is 5.73 Å². The maximum absolute atomic E-state index is 5.68. The van der Waals surface area contributed by atoms with Crippen molar-refractivity contribution in [2.75, 3.05) is 11.9 Å². The molecule has 0 atom stereocenters. The largest absolute Gasteiger partial charge is 0.374 e. The minimum atomic E-state index is 0.287. The molecule has 4 nitrogen and oxygen atoms in total. The average Bonchev–Trinajstić information content (AvgIpc) is 2.90. The van der Waals surface area contributed by atoms with E-state index in [9.17, 15) is 0 Å². The van der Waals surface area contributed by atoms with Crippen LogP contribution >= 0.6 is 23.6 Å². The molecule has 0 unspecified atom stereocenters. The van der Waals surface area contributed by atoms with Crippen LogP contribution < -0.4 is 11.1 Å². The number of hydrogen-bond acceptors (Lipinski definition) is 4. The number of rotatable bonds is 1. The van der Waals surface area contributed by atoms with E-state index in [-0.39, 0.29) is 5.11 Å². The number of nitrogens with zero attached hydrogens (tertiary/aromatic N) is 2. The van der Waals surface area contributed by atoms with Gasteiger partial charge in [0.25, 0.3) is 0 Å². The normalized spacial score (nSPS) is 13.5. The summed E-state index contributed by atoms with van der Waals surface area (Å²) in [4.78, 5) is 2.46. The summed E-state index contributed by atoms with van der Waals surface area (Å²) in [5.41, 5.74) is 7.91. The highest BCUT2D eigenvalue weighted by Gasteiger charge is 2.24. The van der Waals surface area contributed by atoms with Gasteiger partial charge in [-0.1, -0.05) is 0 Å². The second-order valence-corrected chi connectivity index (χ2v) is 5.72. The Morgan fingerprint density at radius 2 is 2.41 bits per heavy atom. The molecule has 88 valence electrons. The van der Waals surface area contributed by atoms with E-state index in [1.165, 1.54) is 15.3 Å². The first kappa shape index (κ1) is 10.7. The highest BCUT2D eigenvalue weighted by atomic mass is 32.1. The van der Waals surface area contributed by atoms with Crippen LogP contribution in [0, 0.1) is 6.92 Å². The van der Waals surface area contributed by atoms with Gasteiger partial charge in [0, 0.05) is 17.0 Å². The molecule has 1 aliphatic rings. The van der Waals surface area contributed by atoms with Crippen molar-refractivity contribution in [3.8, 4) is 10.6 Å². The van der Waals surface area contributed by atoms with E-state index in [4.69, 9.17) is 18.0 Å². The summed E-state index contributed by atoms with van der Waals surface area (Å²) in [6, 6.07) is 4.21. The van der Waals surface area contributed by atoms with Crippen LogP contribution in [-0.4, -0.2) is 21.4 Å². The lowest BCUT2D eigenvalue weighted by molar-refractivity contribution is 0.937. The fourth-order valence-electron chi connectivity index (χ4n) is 2.09. The number of nitrogens with one attached hydrogen (secondary N) is 1. The Morgan fingerprint density at radius 1 is 1.59 bits per heavy atom. The summed E-state index contributed by atoms with van der Waals surface area (Å²) in [7, 11) is 0. The van der Waals surface area contributed by atoms with Gasteiger partial charge in [-0.2, -0.15) is 9.78 Å². The highest BCUT2D eigenvalue weighted by molar-refractivity contribution is 7.80. The van der Waals surface area contributed by atoms with Crippen LogP contribution in [0.2, 0.25) is 0 Å². The first-order valence-electron chi connectivity index (χ1n) is 5.39. The molecule has 2 aromatic rings. The smallest absolute Gasteiger partial charge is 0.193 e. The van der Waals surface area contributed by atoms with E-state index < -0.39 is 0 Å². The van der Waals surface area contributed by atoms with E-state index in [1.54, 1.807) is 16.0 Å². The zero-order chi connectivity index (χ0) is 12.0. The molecule has 0 spiro atoms. The molecule has 0 aliphatic carbocycles. The van der Waals surface area contributed by atoms with Gasteiger partial charge in [-0.15, -0.1) is 11.3 Å². The standard InChI is InChI=1S/C11H12N4S2/c1-6-2-3-8(17-6)9-7-4-5-13-10(7)15(14-9)11(12)16/h2-3,13H,4-5H2,1H3,(H2,12,16). The SMILES string of the molecule is Cc1ccc(-c2nn(C(N)=S)c3c2CCN3)s1. The number of thiophene rings is 1. The second-order valence-electron chi connectivity index (χ2n) is 4.01. The third-order valence-corrected chi connectivity index (χ3v) is 4.01. The van der Waals surface area contributed by atoms with Crippen LogP contribution in [0.4, 0.5) is 5.82 Å². The number of aryl methyl sites for hydroxylation is 1. The fourth-order valence-corrected chi connectivity index (χ4v) is 3.11. The van der Waals surface area contributed by atoms with Crippen LogP contribution in [0.5, 0.6) is 0 Å². The van der Waals surface area contributed by atoms with Crippen molar-refractivity contribution in [2.45, 2.75) is 13.3 Å². The van der Waals surface area contributed by atoms with E-state index >= 15 is 0 Å². The van der Waals surface area contributed by atoms with E-state index in [0.717, 1.165) is 24.5 Å². The topological polar surface area (TPSA) is 55.9 Å². The monoisotopic (exact) mass is 264 g/mol. The summed E-state index contributed by atoms with van der Waals surface area (Å²) in [5.74, 6) is 0.957. The Hall–Kier alpha value is -1.40. The van der Waals surface area contributed by atoms with Crippen molar-refractivity contribution in [1.82, 2.24) is 9.78 Å². The number of thiocarbonyl (C=S) groups is 1. The van der Waals surface area contributed by atoms with Crippen molar-refractivity contribution in [3.63, 3.8) is 0 Å². The molecule has 0 bridgehead atoms. The van der Waals surface area contributed by atoms with Gasteiger partial charge in [0.15, 0.2) is 5.11 Å².